The van der Waals surface area contributed by atoms with Gasteiger partial charge >= 0.3 is 0 Å². The van der Waals surface area contributed by atoms with Crippen LogP contribution in [0.2, 0.25) is 0 Å². The van der Waals surface area contributed by atoms with E-state index in [1.165, 1.54) is 11.3 Å². The number of nitrogens with zero attached hydrogens (tertiary/aromatic N) is 3. The summed E-state index contributed by atoms with van der Waals surface area (Å²) in [6, 6.07) is 14.2. The Hall–Kier alpha value is -3.26. The Labute approximate surface area is 172 Å². The number of rotatable bonds is 4. The first-order chi connectivity index (χ1) is 14.0. The van der Waals surface area contributed by atoms with E-state index in [0.29, 0.717) is 22.0 Å². The number of ether oxygens (including phenoxy) is 1. The number of benzene rings is 2. The average Bonchev–Trinajstić information content (AvgIpc) is 3.15. The molecule has 1 aromatic heterocycles. The first-order valence-electron chi connectivity index (χ1n) is 9.10. The molecular weight excluding hydrogens is 388 g/mol. The average molecular weight is 408 g/mol. The molecule has 0 saturated heterocycles. The van der Waals surface area contributed by atoms with Gasteiger partial charge < -0.3 is 9.64 Å². The van der Waals surface area contributed by atoms with Crippen molar-refractivity contribution in [3.05, 3.63) is 70.2 Å². The normalized spacial score (nSPS) is 18.3. The molecule has 2 heterocycles. The molecule has 1 aliphatic rings. The van der Waals surface area contributed by atoms with E-state index >= 15 is 0 Å². The lowest BCUT2D eigenvalue weighted by atomic mass is 9.79. The van der Waals surface area contributed by atoms with Crippen LogP contribution in [0.1, 0.15) is 38.5 Å². The summed E-state index contributed by atoms with van der Waals surface area (Å²) in [5.41, 5.74) is 2.09. The van der Waals surface area contributed by atoms with Crippen LogP contribution in [-0.4, -0.2) is 41.1 Å². The Morgan fingerprint density at radius 1 is 1.14 bits per heavy atom. The van der Waals surface area contributed by atoms with Gasteiger partial charge in [0, 0.05) is 12.6 Å². The third-order valence-electron chi connectivity index (χ3n) is 5.08. The smallest absolute Gasteiger partial charge is 0.254 e. The van der Waals surface area contributed by atoms with Crippen LogP contribution in [0, 0.1) is 6.92 Å². The van der Waals surface area contributed by atoms with Crippen LogP contribution in [-0.2, 0) is 4.79 Å². The third-order valence-corrected chi connectivity index (χ3v) is 5.83. The highest BCUT2D eigenvalue weighted by molar-refractivity contribution is 7.15. The molecule has 29 heavy (non-hydrogen) atoms. The molecule has 4 rings (SSSR count). The van der Waals surface area contributed by atoms with Crippen molar-refractivity contribution >= 4 is 28.3 Å². The van der Waals surface area contributed by atoms with Gasteiger partial charge in [0.25, 0.3) is 5.91 Å². The number of fused-ring (bicyclic) bond motifs is 1. The third kappa shape index (κ3) is 3.47. The molecular formula is C21H20N4O3S. The Bertz CT molecular complexity index is 1060. The summed E-state index contributed by atoms with van der Waals surface area (Å²) in [6.07, 6.45) is 0. The van der Waals surface area contributed by atoms with Gasteiger partial charge in [0.2, 0.25) is 11.0 Å². The minimum atomic E-state index is -0.591. The molecule has 2 aromatic carbocycles. The predicted octanol–water partition coefficient (Wildman–Crippen LogP) is 3.40. The predicted molar refractivity (Wildman–Crippen MR) is 110 cm³/mol. The number of amides is 2. The molecule has 0 radical (unpaired) electrons. The molecule has 7 nitrogen and oxygen atoms in total. The van der Waals surface area contributed by atoms with Crippen molar-refractivity contribution in [3.8, 4) is 5.75 Å². The molecule has 2 atom stereocenters. The number of carbonyl (C=O) groups is 2. The minimum Gasteiger partial charge on any atom is -0.497 e. The van der Waals surface area contributed by atoms with Gasteiger partial charge in [-0.1, -0.05) is 41.7 Å². The van der Waals surface area contributed by atoms with Crippen molar-refractivity contribution in [3.63, 3.8) is 0 Å². The van der Waals surface area contributed by atoms with E-state index in [1.807, 2.05) is 43.3 Å². The van der Waals surface area contributed by atoms with Crippen LogP contribution in [0.15, 0.2) is 48.5 Å². The van der Waals surface area contributed by atoms with Crippen LogP contribution in [0.4, 0.5) is 5.13 Å². The van der Waals surface area contributed by atoms with E-state index in [-0.39, 0.29) is 11.8 Å². The maximum atomic E-state index is 13.4. The summed E-state index contributed by atoms with van der Waals surface area (Å²) in [7, 11) is 3.32. The second-order valence-electron chi connectivity index (χ2n) is 6.81. The van der Waals surface area contributed by atoms with Crippen molar-refractivity contribution in [2.45, 2.75) is 18.9 Å². The molecule has 0 unspecified atom stereocenters. The first kappa shape index (κ1) is 19.1. The lowest BCUT2D eigenvalue weighted by Crippen LogP contribution is -2.44. The zero-order valence-corrected chi connectivity index (χ0v) is 17.1. The van der Waals surface area contributed by atoms with E-state index in [1.54, 1.807) is 31.2 Å². The fourth-order valence-electron chi connectivity index (χ4n) is 3.70. The van der Waals surface area contributed by atoms with Crippen molar-refractivity contribution < 1.29 is 14.3 Å². The van der Waals surface area contributed by atoms with E-state index in [9.17, 15) is 9.59 Å². The van der Waals surface area contributed by atoms with Crippen molar-refractivity contribution in [1.82, 2.24) is 15.1 Å². The topological polar surface area (TPSA) is 84.4 Å². The van der Waals surface area contributed by atoms with Crippen LogP contribution in [0.25, 0.3) is 0 Å². The number of anilines is 1. The highest BCUT2D eigenvalue weighted by Crippen LogP contribution is 2.42. The van der Waals surface area contributed by atoms with Gasteiger partial charge in [-0.15, -0.1) is 10.2 Å². The quantitative estimate of drug-likeness (QED) is 0.715. The summed E-state index contributed by atoms with van der Waals surface area (Å²) in [6.45, 7) is 1.83. The van der Waals surface area contributed by atoms with Crippen LogP contribution < -0.4 is 10.1 Å². The SMILES string of the molecule is COc1ccc([C@@H]2[C@@H](C(=O)Nc3nnc(C)s3)c3ccccc3C(=O)N2C)cc1. The number of aryl methyl sites for hydroxylation is 1. The molecule has 0 bridgehead atoms. The minimum absolute atomic E-state index is 0.114. The summed E-state index contributed by atoms with van der Waals surface area (Å²) < 4.78 is 5.24. The Balaban J connectivity index is 1.79. The number of hydrogen-bond acceptors (Lipinski definition) is 6. The maximum Gasteiger partial charge on any atom is 0.254 e. The first-order valence-corrected chi connectivity index (χ1v) is 9.92. The molecule has 1 aliphatic heterocycles. The lowest BCUT2D eigenvalue weighted by molar-refractivity contribution is -0.119. The number of methoxy groups -OCH3 is 1. The zero-order valence-electron chi connectivity index (χ0n) is 16.2. The van der Waals surface area contributed by atoms with Gasteiger partial charge in [-0.2, -0.15) is 0 Å². The van der Waals surface area contributed by atoms with E-state index in [4.69, 9.17) is 4.74 Å². The second kappa shape index (κ2) is 7.63. The molecule has 8 heteroatoms. The van der Waals surface area contributed by atoms with Gasteiger partial charge in [0.05, 0.1) is 19.1 Å². The number of likely N-dealkylation sites (N-methyl/N-ethyl adjacent to an activating group) is 1. The van der Waals surface area contributed by atoms with Crippen LogP contribution in [0.3, 0.4) is 0 Å². The molecule has 3 aromatic rings. The van der Waals surface area contributed by atoms with Gasteiger partial charge in [0.15, 0.2) is 0 Å². The van der Waals surface area contributed by atoms with Crippen LogP contribution in [0.5, 0.6) is 5.75 Å². The summed E-state index contributed by atoms with van der Waals surface area (Å²) in [4.78, 5) is 28.0. The summed E-state index contributed by atoms with van der Waals surface area (Å²) >= 11 is 1.31. The standard InChI is InChI=1S/C21H20N4O3S/c1-12-23-24-21(29-12)22-19(26)17-15-6-4-5-7-16(15)20(27)25(2)18(17)13-8-10-14(28-3)11-9-13/h4-11,17-18H,1-3H3,(H,22,24,26)/t17-,18+/m0/s1. The number of hydrogen-bond donors (Lipinski definition) is 1. The van der Waals surface area contributed by atoms with Crippen LogP contribution >= 0.6 is 11.3 Å². The van der Waals surface area contributed by atoms with Gasteiger partial charge in [-0.3, -0.25) is 14.9 Å². The monoisotopic (exact) mass is 408 g/mol. The Morgan fingerprint density at radius 3 is 2.52 bits per heavy atom. The molecule has 148 valence electrons. The van der Waals surface area contributed by atoms with E-state index in [2.05, 4.69) is 15.5 Å². The highest BCUT2D eigenvalue weighted by Gasteiger charge is 2.42. The maximum absolute atomic E-state index is 13.4. The molecule has 0 fully saturated rings. The summed E-state index contributed by atoms with van der Waals surface area (Å²) in [5, 5.41) is 12.0. The van der Waals surface area contributed by atoms with E-state index in [0.717, 1.165) is 10.6 Å². The molecule has 1 N–H and O–H groups in total. The fourth-order valence-corrected chi connectivity index (χ4v) is 4.30. The van der Waals surface area contributed by atoms with E-state index < -0.39 is 12.0 Å². The second-order valence-corrected chi connectivity index (χ2v) is 8.00. The largest absolute Gasteiger partial charge is 0.497 e. The fraction of sp³-hybridized carbons (Fsp3) is 0.238. The lowest BCUT2D eigenvalue weighted by Gasteiger charge is -2.39. The Morgan fingerprint density at radius 2 is 1.86 bits per heavy atom. The molecule has 0 saturated carbocycles. The number of nitrogens with one attached hydrogen (secondary N) is 1. The number of aromatic nitrogens is 2. The van der Waals surface area contributed by atoms with Crippen molar-refractivity contribution in [2.24, 2.45) is 0 Å². The molecule has 0 aliphatic carbocycles. The van der Waals surface area contributed by atoms with Crippen molar-refractivity contribution in [2.75, 3.05) is 19.5 Å². The van der Waals surface area contributed by atoms with Gasteiger partial charge in [-0.05, 0) is 36.2 Å². The highest BCUT2D eigenvalue weighted by atomic mass is 32.1. The zero-order chi connectivity index (χ0) is 20.5. The Kier molecular flexibility index (Phi) is 5.02. The molecule has 0 spiro atoms. The molecule has 2 amide bonds. The van der Waals surface area contributed by atoms with Crippen molar-refractivity contribution in [1.29, 1.82) is 0 Å². The number of carbonyl (C=O) groups excluding carboxylic acids is 2. The summed E-state index contributed by atoms with van der Waals surface area (Å²) in [5.74, 6) is -0.221. The van der Waals surface area contributed by atoms with Gasteiger partial charge in [0.1, 0.15) is 10.8 Å². The van der Waals surface area contributed by atoms with Gasteiger partial charge in [-0.25, -0.2) is 0 Å².